The third-order valence-electron chi connectivity index (χ3n) is 2.39. The maximum atomic E-state index is 9.32. The first-order valence-corrected chi connectivity index (χ1v) is 5.33. The van der Waals surface area contributed by atoms with Crippen molar-refractivity contribution >= 4 is 0 Å². The summed E-state index contributed by atoms with van der Waals surface area (Å²) in [7, 11) is 0. The van der Waals surface area contributed by atoms with Gasteiger partial charge < -0.3 is 15.5 Å². The maximum absolute atomic E-state index is 9.32. The first kappa shape index (κ1) is 12.2. The molecule has 1 unspecified atom stereocenters. The molecule has 0 fully saturated rings. The van der Waals surface area contributed by atoms with Gasteiger partial charge in [-0.05, 0) is 17.5 Å². The molecule has 15 heavy (non-hydrogen) atoms. The predicted octanol–water partition coefficient (Wildman–Crippen LogP) is 1.04. The quantitative estimate of drug-likeness (QED) is 0.656. The van der Waals surface area contributed by atoms with Crippen molar-refractivity contribution in [2.45, 2.75) is 32.6 Å². The number of aliphatic hydroxyl groups is 2. The Bertz CT molecular complexity index is 271. The van der Waals surface area contributed by atoms with E-state index in [4.69, 9.17) is 5.11 Å². The number of benzene rings is 1. The second-order valence-electron chi connectivity index (χ2n) is 3.67. The van der Waals surface area contributed by atoms with Crippen LogP contribution in [-0.2, 0) is 13.2 Å². The van der Waals surface area contributed by atoms with Gasteiger partial charge in [0.25, 0.3) is 0 Å². The molecule has 3 nitrogen and oxygen atoms in total. The van der Waals surface area contributed by atoms with E-state index in [0.717, 1.165) is 24.1 Å². The van der Waals surface area contributed by atoms with Gasteiger partial charge in [-0.3, -0.25) is 0 Å². The highest BCUT2D eigenvalue weighted by Crippen LogP contribution is 2.03. The van der Waals surface area contributed by atoms with Crippen LogP contribution in [0.15, 0.2) is 24.3 Å². The summed E-state index contributed by atoms with van der Waals surface area (Å²) in [6.45, 7) is 3.42. The van der Waals surface area contributed by atoms with Crippen molar-refractivity contribution in [3.63, 3.8) is 0 Å². The molecule has 84 valence electrons. The zero-order valence-corrected chi connectivity index (χ0v) is 9.11. The van der Waals surface area contributed by atoms with Gasteiger partial charge in [0.15, 0.2) is 0 Å². The van der Waals surface area contributed by atoms with Gasteiger partial charge in [-0.15, -0.1) is 0 Å². The summed E-state index contributed by atoms with van der Waals surface area (Å²) in [5.74, 6) is 0. The minimum atomic E-state index is -0.262. The van der Waals surface area contributed by atoms with Crippen molar-refractivity contribution in [3.8, 4) is 0 Å². The van der Waals surface area contributed by atoms with Gasteiger partial charge in [0, 0.05) is 13.1 Å². The lowest BCUT2D eigenvalue weighted by Crippen LogP contribution is -2.25. The normalized spacial score (nSPS) is 12.7. The van der Waals surface area contributed by atoms with E-state index in [2.05, 4.69) is 5.32 Å². The number of hydrogen-bond donors (Lipinski definition) is 3. The van der Waals surface area contributed by atoms with Gasteiger partial charge in [0.2, 0.25) is 0 Å². The smallest absolute Gasteiger partial charge is 0.0681 e. The van der Waals surface area contributed by atoms with Crippen molar-refractivity contribution in [3.05, 3.63) is 35.4 Å². The Hall–Kier alpha value is -0.900. The van der Waals surface area contributed by atoms with Gasteiger partial charge in [-0.25, -0.2) is 0 Å². The van der Waals surface area contributed by atoms with E-state index in [0.29, 0.717) is 6.54 Å². The summed E-state index contributed by atoms with van der Waals surface area (Å²) in [5.41, 5.74) is 2.09. The second-order valence-corrected chi connectivity index (χ2v) is 3.67. The molecule has 3 heteroatoms. The van der Waals surface area contributed by atoms with E-state index >= 15 is 0 Å². The molecular weight excluding hydrogens is 190 g/mol. The first-order valence-electron chi connectivity index (χ1n) is 5.33. The van der Waals surface area contributed by atoms with Crippen LogP contribution in [0.5, 0.6) is 0 Å². The summed E-state index contributed by atoms with van der Waals surface area (Å²) in [4.78, 5) is 0. The molecule has 1 aromatic rings. The average molecular weight is 209 g/mol. The van der Waals surface area contributed by atoms with Gasteiger partial charge in [0.1, 0.15) is 0 Å². The van der Waals surface area contributed by atoms with Crippen LogP contribution >= 0.6 is 0 Å². The summed E-state index contributed by atoms with van der Waals surface area (Å²) < 4.78 is 0. The maximum Gasteiger partial charge on any atom is 0.0681 e. The van der Waals surface area contributed by atoms with E-state index in [-0.39, 0.29) is 12.7 Å². The molecule has 0 aliphatic heterocycles. The summed E-state index contributed by atoms with van der Waals surface area (Å²) in [6, 6.07) is 7.79. The molecule has 0 bridgehead atoms. The third kappa shape index (κ3) is 4.42. The van der Waals surface area contributed by atoms with Crippen LogP contribution in [0.4, 0.5) is 0 Å². The molecule has 0 amide bonds. The largest absolute Gasteiger partial charge is 0.392 e. The van der Waals surface area contributed by atoms with Crippen LogP contribution in [0.1, 0.15) is 24.5 Å². The minimum Gasteiger partial charge on any atom is -0.392 e. The van der Waals surface area contributed by atoms with Crippen LogP contribution in [0.3, 0.4) is 0 Å². The van der Waals surface area contributed by atoms with Gasteiger partial charge >= 0.3 is 0 Å². The van der Waals surface area contributed by atoms with Crippen molar-refractivity contribution in [2.75, 3.05) is 6.54 Å². The minimum absolute atomic E-state index is 0.0856. The summed E-state index contributed by atoms with van der Waals surface area (Å²) in [5, 5.41) is 21.4. The average Bonchev–Trinajstić information content (AvgIpc) is 2.29. The topological polar surface area (TPSA) is 52.5 Å². The van der Waals surface area contributed by atoms with Gasteiger partial charge in [-0.2, -0.15) is 0 Å². The zero-order valence-electron chi connectivity index (χ0n) is 9.11. The molecule has 1 aromatic carbocycles. The van der Waals surface area contributed by atoms with Crippen molar-refractivity contribution in [1.29, 1.82) is 0 Å². The van der Waals surface area contributed by atoms with Crippen LogP contribution in [0.25, 0.3) is 0 Å². The molecule has 0 heterocycles. The molecule has 0 saturated carbocycles. The fraction of sp³-hybridized carbons (Fsp3) is 0.500. The van der Waals surface area contributed by atoms with Crippen molar-refractivity contribution < 1.29 is 10.2 Å². The zero-order chi connectivity index (χ0) is 11.1. The molecule has 0 radical (unpaired) electrons. The number of rotatable bonds is 6. The van der Waals surface area contributed by atoms with E-state index in [9.17, 15) is 5.11 Å². The molecule has 0 aromatic heterocycles. The second kappa shape index (κ2) is 6.56. The fourth-order valence-corrected chi connectivity index (χ4v) is 1.29. The van der Waals surface area contributed by atoms with E-state index < -0.39 is 0 Å². The highest BCUT2D eigenvalue weighted by atomic mass is 16.3. The molecule has 3 N–H and O–H groups in total. The third-order valence-corrected chi connectivity index (χ3v) is 2.39. The monoisotopic (exact) mass is 209 g/mol. The van der Waals surface area contributed by atoms with Crippen molar-refractivity contribution in [1.82, 2.24) is 5.32 Å². The number of aliphatic hydroxyl groups excluding tert-OH is 2. The summed E-state index contributed by atoms with van der Waals surface area (Å²) >= 11 is 0. The Morgan fingerprint density at radius 1 is 1.20 bits per heavy atom. The number of hydrogen-bond acceptors (Lipinski definition) is 3. The van der Waals surface area contributed by atoms with Crippen LogP contribution in [-0.4, -0.2) is 22.9 Å². The lowest BCUT2D eigenvalue weighted by atomic mass is 10.1. The Balaban J connectivity index is 2.31. The highest BCUT2D eigenvalue weighted by Gasteiger charge is 1.99. The summed E-state index contributed by atoms with van der Waals surface area (Å²) in [6.07, 6.45) is 0.512. The molecule has 0 aliphatic rings. The SMILES string of the molecule is CCC(O)CNCc1ccc(CO)cc1. The molecule has 0 saturated heterocycles. The van der Waals surface area contributed by atoms with Crippen LogP contribution < -0.4 is 5.32 Å². The standard InChI is InChI=1S/C12H19NO2/c1-2-12(15)8-13-7-10-3-5-11(9-14)6-4-10/h3-6,12-15H,2,7-9H2,1H3. The Morgan fingerprint density at radius 3 is 2.33 bits per heavy atom. The molecule has 1 atom stereocenters. The Kier molecular flexibility index (Phi) is 5.32. The highest BCUT2D eigenvalue weighted by molar-refractivity contribution is 5.21. The molecule has 0 aliphatic carbocycles. The van der Waals surface area contributed by atoms with E-state index in [1.54, 1.807) is 0 Å². The molecule has 0 spiro atoms. The first-order chi connectivity index (χ1) is 7.26. The lowest BCUT2D eigenvalue weighted by molar-refractivity contribution is 0.167. The lowest BCUT2D eigenvalue weighted by Gasteiger charge is -2.09. The fourth-order valence-electron chi connectivity index (χ4n) is 1.29. The van der Waals surface area contributed by atoms with Crippen LogP contribution in [0.2, 0.25) is 0 Å². The molecule has 1 rings (SSSR count). The molecular formula is C12H19NO2. The predicted molar refractivity (Wildman–Crippen MR) is 60.4 cm³/mol. The number of nitrogens with one attached hydrogen (secondary N) is 1. The van der Waals surface area contributed by atoms with Gasteiger partial charge in [0.05, 0.1) is 12.7 Å². The van der Waals surface area contributed by atoms with E-state index in [1.807, 2.05) is 31.2 Å². The van der Waals surface area contributed by atoms with E-state index in [1.165, 1.54) is 0 Å². The Labute approximate surface area is 90.8 Å². The Morgan fingerprint density at radius 2 is 1.80 bits per heavy atom. The van der Waals surface area contributed by atoms with Gasteiger partial charge in [-0.1, -0.05) is 31.2 Å². The van der Waals surface area contributed by atoms with Crippen molar-refractivity contribution in [2.24, 2.45) is 0 Å². The van der Waals surface area contributed by atoms with Crippen LogP contribution in [0, 0.1) is 0 Å².